The molecule has 0 aliphatic carbocycles. The van der Waals surface area contributed by atoms with Crippen molar-refractivity contribution in [3.8, 4) is 5.75 Å². The third kappa shape index (κ3) is 2.16. The van der Waals surface area contributed by atoms with Crippen molar-refractivity contribution >= 4 is 11.7 Å². The molecular weight excluding hydrogens is 182 g/mol. The van der Waals surface area contributed by atoms with E-state index in [9.17, 15) is 9.90 Å². The predicted octanol–water partition coefficient (Wildman–Crippen LogP) is 1.54. The molecule has 0 aliphatic heterocycles. The number of nitrogens with two attached hydrogens (primary N) is 1. The average molecular weight is 195 g/mol. The fourth-order valence-corrected chi connectivity index (χ4v) is 1.05. The predicted molar refractivity (Wildman–Crippen MR) is 53.1 cm³/mol. The maximum atomic E-state index is 11.4. The Balaban J connectivity index is 2.89. The van der Waals surface area contributed by atoms with Crippen molar-refractivity contribution < 1.29 is 14.6 Å². The van der Waals surface area contributed by atoms with Crippen LogP contribution in [0.15, 0.2) is 18.2 Å². The largest absolute Gasteiger partial charge is 0.507 e. The van der Waals surface area contributed by atoms with Gasteiger partial charge in [0.25, 0.3) is 0 Å². The highest BCUT2D eigenvalue weighted by Gasteiger charge is 2.15. The Morgan fingerprint density at radius 2 is 2.29 bits per heavy atom. The monoisotopic (exact) mass is 195 g/mol. The SMILES string of the molecule is CCCOC(=O)c1c(N)cccc1O. The van der Waals surface area contributed by atoms with Crippen molar-refractivity contribution in [1.82, 2.24) is 0 Å². The molecule has 0 aromatic heterocycles. The number of hydrogen-bond acceptors (Lipinski definition) is 4. The average Bonchev–Trinajstić information content (AvgIpc) is 2.14. The number of carbonyl (C=O) groups is 1. The van der Waals surface area contributed by atoms with E-state index in [4.69, 9.17) is 10.5 Å². The van der Waals surface area contributed by atoms with Gasteiger partial charge in [0.2, 0.25) is 0 Å². The molecule has 1 aromatic carbocycles. The molecule has 0 saturated heterocycles. The fraction of sp³-hybridized carbons (Fsp3) is 0.300. The van der Waals surface area contributed by atoms with Crippen LogP contribution in [-0.4, -0.2) is 17.7 Å². The summed E-state index contributed by atoms with van der Waals surface area (Å²) in [6.07, 6.45) is 0.735. The van der Waals surface area contributed by atoms with Crippen molar-refractivity contribution in [2.75, 3.05) is 12.3 Å². The van der Waals surface area contributed by atoms with Crippen LogP contribution in [0.1, 0.15) is 23.7 Å². The lowest BCUT2D eigenvalue weighted by Crippen LogP contribution is -2.09. The second-order valence-corrected chi connectivity index (χ2v) is 2.88. The first kappa shape index (κ1) is 10.4. The molecule has 14 heavy (non-hydrogen) atoms. The van der Waals surface area contributed by atoms with Crippen molar-refractivity contribution in [3.05, 3.63) is 23.8 Å². The fourth-order valence-electron chi connectivity index (χ4n) is 1.05. The zero-order chi connectivity index (χ0) is 10.6. The smallest absolute Gasteiger partial charge is 0.344 e. The topological polar surface area (TPSA) is 72.5 Å². The van der Waals surface area contributed by atoms with Gasteiger partial charge in [0.05, 0.1) is 6.61 Å². The second-order valence-electron chi connectivity index (χ2n) is 2.88. The number of benzene rings is 1. The molecule has 1 aromatic rings. The van der Waals surface area contributed by atoms with Gasteiger partial charge in [-0.05, 0) is 18.6 Å². The van der Waals surface area contributed by atoms with Crippen molar-refractivity contribution in [2.24, 2.45) is 0 Å². The van der Waals surface area contributed by atoms with Gasteiger partial charge >= 0.3 is 5.97 Å². The quantitative estimate of drug-likeness (QED) is 0.566. The lowest BCUT2D eigenvalue weighted by atomic mass is 10.1. The molecule has 0 radical (unpaired) electrons. The summed E-state index contributed by atoms with van der Waals surface area (Å²) in [6.45, 7) is 2.22. The van der Waals surface area contributed by atoms with E-state index in [1.165, 1.54) is 6.07 Å². The van der Waals surface area contributed by atoms with Crippen LogP contribution in [0.25, 0.3) is 0 Å². The maximum Gasteiger partial charge on any atom is 0.344 e. The number of rotatable bonds is 3. The first-order chi connectivity index (χ1) is 6.66. The Kier molecular flexibility index (Phi) is 3.34. The van der Waals surface area contributed by atoms with E-state index in [2.05, 4.69) is 0 Å². The van der Waals surface area contributed by atoms with Crippen LogP contribution < -0.4 is 5.73 Å². The van der Waals surface area contributed by atoms with Gasteiger partial charge in [0.15, 0.2) is 0 Å². The van der Waals surface area contributed by atoms with Crippen LogP contribution >= 0.6 is 0 Å². The molecule has 0 unspecified atom stereocenters. The number of phenolic OH excluding ortho intramolecular Hbond substituents is 1. The van der Waals surface area contributed by atoms with E-state index in [0.29, 0.717) is 6.61 Å². The molecule has 1 rings (SSSR count). The summed E-state index contributed by atoms with van der Waals surface area (Å²) in [4.78, 5) is 11.4. The molecule has 0 atom stereocenters. The highest BCUT2D eigenvalue weighted by molar-refractivity contribution is 5.97. The standard InChI is InChI=1S/C10H13NO3/c1-2-6-14-10(13)9-7(11)4-3-5-8(9)12/h3-5,12H,2,6,11H2,1H3. The van der Waals surface area contributed by atoms with Crippen LogP contribution in [-0.2, 0) is 4.74 Å². The minimum atomic E-state index is -0.581. The summed E-state index contributed by atoms with van der Waals surface area (Å²) in [5, 5.41) is 9.38. The van der Waals surface area contributed by atoms with Gasteiger partial charge in [-0.15, -0.1) is 0 Å². The lowest BCUT2D eigenvalue weighted by Gasteiger charge is -2.07. The normalized spacial score (nSPS) is 9.79. The van der Waals surface area contributed by atoms with Crippen LogP contribution in [0.3, 0.4) is 0 Å². The molecule has 76 valence electrons. The van der Waals surface area contributed by atoms with Crippen LogP contribution in [0.4, 0.5) is 5.69 Å². The van der Waals surface area contributed by atoms with E-state index in [0.717, 1.165) is 6.42 Å². The summed E-state index contributed by atoms with van der Waals surface area (Å²) in [5.74, 6) is -0.728. The number of carbonyl (C=O) groups excluding carboxylic acids is 1. The van der Waals surface area contributed by atoms with E-state index in [1.54, 1.807) is 12.1 Å². The number of hydrogen-bond donors (Lipinski definition) is 2. The van der Waals surface area contributed by atoms with Crippen molar-refractivity contribution in [1.29, 1.82) is 0 Å². The Morgan fingerprint density at radius 3 is 2.86 bits per heavy atom. The minimum absolute atomic E-state index is 0.0425. The molecular formula is C10H13NO3. The molecule has 4 heteroatoms. The van der Waals surface area contributed by atoms with Gasteiger partial charge in [0, 0.05) is 5.69 Å². The van der Waals surface area contributed by atoms with E-state index in [1.807, 2.05) is 6.92 Å². The van der Waals surface area contributed by atoms with E-state index < -0.39 is 5.97 Å². The molecule has 0 spiro atoms. The molecule has 0 bridgehead atoms. The van der Waals surface area contributed by atoms with E-state index in [-0.39, 0.29) is 17.0 Å². The Hall–Kier alpha value is -1.71. The van der Waals surface area contributed by atoms with E-state index >= 15 is 0 Å². The Morgan fingerprint density at radius 1 is 1.57 bits per heavy atom. The third-order valence-electron chi connectivity index (χ3n) is 1.72. The third-order valence-corrected chi connectivity index (χ3v) is 1.72. The number of esters is 1. The van der Waals surface area contributed by atoms with Gasteiger partial charge in [-0.3, -0.25) is 0 Å². The Bertz CT molecular complexity index is 316. The zero-order valence-corrected chi connectivity index (χ0v) is 7.99. The molecule has 0 heterocycles. The van der Waals surface area contributed by atoms with Gasteiger partial charge in [-0.1, -0.05) is 13.0 Å². The van der Waals surface area contributed by atoms with Gasteiger partial charge < -0.3 is 15.6 Å². The summed E-state index contributed by atoms with van der Waals surface area (Å²) in [5.41, 5.74) is 5.80. The van der Waals surface area contributed by atoms with Gasteiger partial charge in [-0.25, -0.2) is 4.79 Å². The first-order valence-corrected chi connectivity index (χ1v) is 4.41. The number of nitrogen functional groups attached to an aromatic ring is 1. The molecule has 0 saturated carbocycles. The molecule has 4 nitrogen and oxygen atoms in total. The van der Waals surface area contributed by atoms with Gasteiger partial charge in [-0.2, -0.15) is 0 Å². The summed E-state index contributed by atoms with van der Waals surface area (Å²) < 4.78 is 4.86. The van der Waals surface area contributed by atoms with Crippen molar-refractivity contribution in [3.63, 3.8) is 0 Å². The number of aromatic hydroxyl groups is 1. The van der Waals surface area contributed by atoms with Crippen LogP contribution in [0.5, 0.6) is 5.75 Å². The van der Waals surface area contributed by atoms with Crippen LogP contribution in [0.2, 0.25) is 0 Å². The molecule has 3 N–H and O–H groups in total. The molecule has 0 amide bonds. The highest BCUT2D eigenvalue weighted by atomic mass is 16.5. The number of anilines is 1. The Labute approximate surface area is 82.3 Å². The summed E-state index contributed by atoms with van der Waals surface area (Å²) in [7, 11) is 0. The minimum Gasteiger partial charge on any atom is -0.507 e. The molecule has 0 fully saturated rings. The number of phenols is 1. The number of ether oxygens (including phenoxy) is 1. The van der Waals surface area contributed by atoms with Gasteiger partial charge in [0.1, 0.15) is 11.3 Å². The van der Waals surface area contributed by atoms with Crippen LogP contribution in [0, 0.1) is 0 Å². The summed E-state index contributed by atoms with van der Waals surface area (Å²) in [6, 6.07) is 4.52. The van der Waals surface area contributed by atoms with Crippen molar-refractivity contribution in [2.45, 2.75) is 13.3 Å². The second kappa shape index (κ2) is 4.50. The highest BCUT2D eigenvalue weighted by Crippen LogP contribution is 2.23. The first-order valence-electron chi connectivity index (χ1n) is 4.41. The summed E-state index contributed by atoms with van der Waals surface area (Å²) >= 11 is 0. The lowest BCUT2D eigenvalue weighted by molar-refractivity contribution is 0.0503. The maximum absolute atomic E-state index is 11.4. The zero-order valence-electron chi connectivity index (χ0n) is 7.99. The molecule has 0 aliphatic rings.